The summed E-state index contributed by atoms with van der Waals surface area (Å²) in [6, 6.07) is 0. The van der Waals surface area contributed by atoms with Crippen LogP contribution in [-0.2, 0) is 23.4 Å². The van der Waals surface area contributed by atoms with Crippen LogP contribution in [0.2, 0.25) is 0 Å². The van der Waals surface area contributed by atoms with Crippen molar-refractivity contribution in [3.63, 3.8) is 0 Å². The number of hydrogen-bond acceptors (Lipinski definition) is 8. The Morgan fingerprint density at radius 2 is 1.84 bits per heavy atom. The molecule has 2 fully saturated rings. The van der Waals surface area contributed by atoms with E-state index in [0.29, 0.717) is 52.1 Å². The minimum atomic E-state index is -3.88. The molecular formula is C14H26ClN4O5P. The molecule has 0 spiro atoms. The van der Waals surface area contributed by atoms with Crippen LogP contribution >= 0.6 is 18.2 Å². The lowest BCUT2D eigenvalue weighted by Gasteiger charge is -2.26. The summed E-state index contributed by atoms with van der Waals surface area (Å²) >= 11 is 5.95. The highest BCUT2D eigenvalue weighted by atomic mass is 35.7. The smallest absolute Gasteiger partial charge is 0.342 e. The second-order valence-corrected chi connectivity index (χ2v) is 8.73. The normalized spacial score (nSPS) is 26.5. The molecule has 9 nitrogen and oxygen atoms in total. The Kier molecular flexibility index (Phi) is 7.82. The molecule has 0 aromatic carbocycles. The van der Waals surface area contributed by atoms with Crippen molar-refractivity contribution in [1.29, 1.82) is 0 Å². The summed E-state index contributed by atoms with van der Waals surface area (Å²) in [6.07, 6.45) is 2.15. The van der Waals surface area contributed by atoms with Crippen LogP contribution < -0.4 is 5.43 Å². The topological polar surface area (TPSA) is 91.4 Å². The van der Waals surface area contributed by atoms with Crippen LogP contribution in [0, 0.1) is 5.92 Å². The van der Waals surface area contributed by atoms with E-state index in [9.17, 15) is 14.2 Å². The van der Waals surface area contributed by atoms with E-state index in [1.807, 2.05) is 0 Å². The van der Waals surface area contributed by atoms with Gasteiger partial charge in [-0.05, 0) is 26.2 Å². The molecule has 2 aliphatic heterocycles. The molecule has 0 aromatic heterocycles. The minimum absolute atomic E-state index is 0.000878. The zero-order valence-electron chi connectivity index (χ0n) is 14.6. The number of nitrogens with one attached hydrogen (secondary N) is 1. The van der Waals surface area contributed by atoms with E-state index in [-0.39, 0.29) is 17.6 Å². The van der Waals surface area contributed by atoms with Gasteiger partial charge in [0.1, 0.15) is 5.78 Å². The Labute approximate surface area is 152 Å². The van der Waals surface area contributed by atoms with Crippen LogP contribution in [0.15, 0.2) is 0 Å². The van der Waals surface area contributed by atoms with Gasteiger partial charge in [0.15, 0.2) is 0 Å². The van der Waals surface area contributed by atoms with E-state index in [1.54, 1.807) is 11.8 Å². The van der Waals surface area contributed by atoms with Crippen LogP contribution in [-0.4, -0.2) is 66.1 Å². The lowest BCUT2D eigenvalue weighted by atomic mass is 10.0. The van der Waals surface area contributed by atoms with Crippen molar-refractivity contribution in [2.45, 2.75) is 33.1 Å². The van der Waals surface area contributed by atoms with Gasteiger partial charge in [-0.3, -0.25) is 9.59 Å². The maximum Gasteiger partial charge on any atom is 0.458 e. The number of amides is 1. The fourth-order valence-corrected chi connectivity index (χ4v) is 4.18. The predicted octanol–water partition coefficient (Wildman–Crippen LogP) is 1.56. The maximum atomic E-state index is 12.5. The number of hydroxylamine groups is 3. The van der Waals surface area contributed by atoms with Crippen molar-refractivity contribution in [2.75, 3.05) is 39.3 Å². The first kappa shape index (κ1) is 20.8. The standard InChI is InChI=1S/C14H26ClN4O5P/c1-12(20)14-5-3-8-19(16-11-14)24-25(15,22)23-18-7-4-6-17(9-10-18)13(2)21/h14,16H,3-11H2,1-2H3. The highest BCUT2D eigenvalue weighted by Gasteiger charge is 2.32. The molecule has 2 saturated heterocycles. The first-order valence-electron chi connectivity index (χ1n) is 8.48. The SMILES string of the molecule is CC(=O)C1CCCN(OP(=O)(Cl)ON2CCCN(C(C)=O)CC2)NC1. The van der Waals surface area contributed by atoms with Crippen molar-refractivity contribution >= 4 is 29.9 Å². The fraction of sp³-hybridized carbons (Fsp3) is 0.857. The quantitative estimate of drug-likeness (QED) is 0.700. The minimum Gasteiger partial charge on any atom is -0.342 e. The summed E-state index contributed by atoms with van der Waals surface area (Å²) in [5.74, 6) is 0.0209. The number of halogens is 1. The lowest BCUT2D eigenvalue weighted by Crippen LogP contribution is -2.39. The number of carbonyl (C=O) groups excluding carboxylic acids is 2. The van der Waals surface area contributed by atoms with Crippen LogP contribution in [0.25, 0.3) is 0 Å². The molecule has 1 N–H and O–H groups in total. The largest absolute Gasteiger partial charge is 0.458 e. The Balaban J connectivity index is 1.83. The Morgan fingerprint density at radius 1 is 1.08 bits per heavy atom. The molecule has 2 atom stereocenters. The highest BCUT2D eigenvalue weighted by molar-refractivity contribution is 7.81. The van der Waals surface area contributed by atoms with Gasteiger partial charge in [0, 0.05) is 63.4 Å². The number of carbonyl (C=O) groups is 2. The van der Waals surface area contributed by atoms with Gasteiger partial charge < -0.3 is 4.90 Å². The summed E-state index contributed by atoms with van der Waals surface area (Å²) in [5.41, 5.74) is 2.92. The van der Waals surface area contributed by atoms with Crippen LogP contribution in [0.1, 0.15) is 33.1 Å². The average molecular weight is 397 g/mol. The van der Waals surface area contributed by atoms with Crippen molar-refractivity contribution in [3.8, 4) is 0 Å². The summed E-state index contributed by atoms with van der Waals surface area (Å²) in [5, 5.41) is 2.77. The summed E-state index contributed by atoms with van der Waals surface area (Å²) in [7, 11) is 0. The van der Waals surface area contributed by atoms with E-state index in [0.717, 1.165) is 6.42 Å². The number of ketones is 1. The Bertz CT molecular complexity index is 495. The number of nitrogens with zero attached hydrogens (tertiary/aromatic N) is 3. The Hall–Kier alpha value is -0.540. The maximum absolute atomic E-state index is 12.5. The van der Waals surface area contributed by atoms with E-state index in [4.69, 9.17) is 20.5 Å². The van der Waals surface area contributed by atoms with Crippen LogP contribution in [0.5, 0.6) is 0 Å². The number of Topliss-reactive ketones (excluding diaryl/α,β-unsaturated/α-hetero) is 1. The van der Waals surface area contributed by atoms with Gasteiger partial charge in [-0.15, -0.1) is 5.17 Å². The molecule has 0 saturated carbocycles. The lowest BCUT2D eigenvalue weighted by molar-refractivity contribution is -0.140. The zero-order valence-corrected chi connectivity index (χ0v) is 16.3. The molecule has 0 radical (unpaired) electrons. The second-order valence-electron chi connectivity index (χ2n) is 6.30. The van der Waals surface area contributed by atoms with Gasteiger partial charge in [0.25, 0.3) is 0 Å². The third-order valence-corrected chi connectivity index (χ3v) is 5.50. The fourth-order valence-electron chi connectivity index (χ4n) is 2.85. The first-order valence-corrected chi connectivity index (χ1v) is 10.9. The van der Waals surface area contributed by atoms with Crippen molar-refractivity contribution in [1.82, 2.24) is 20.6 Å². The van der Waals surface area contributed by atoms with Gasteiger partial charge in [-0.1, -0.05) is 0 Å². The van der Waals surface area contributed by atoms with Gasteiger partial charge in [0.05, 0.1) is 0 Å². The summed E-state index contributed by atoms with van der Waals surface area (Å²) in [6.45, 7) is 2.06. The molecule has 2 heterocycles. The van der Waals surface area contributed by atoms with Gasteiger partial charge >= 0.3 is 6.95 Å². The van der Waals surface area contributed by atoms with Crippen molar-refractivity contribution in [2.24, 2.45) is 5.92 Å². The average Bonchev–Trinajstić information content (AvgIpc) is 2.87. The zero-order chi connectivity index (χ0) is 18.4. The van der Waals surface area contributed by atoms with E-state index in [2.05, 4.69) is 5.43 Å². The molecule has 144 valence electrons. The van der Waals surface area contributed by atoms with Gasteiger partial charge in [-0.25, -0.2) is 14.6 Å². The molecule has 1 amide bonds. The molecule has 2 unspecified atom stereocenters. The monoisotopic (exact) mass is 396 g/mol. The molecular weight excluding hydrogens is 371 g/mol. The van der Waals surface area contributed by atoms with Crippen molar-refractivity contribution in [3.05, 3.63) is 0 Å². The van der Waals surface area contributed by atoms with E-state index >= 15 is 0 Å². The Morgan fingerprint density at radius 3 is 2.52 bits per heavy atom. The number of hydrazine groups is 1. The van der Waals surface area contributed by atoms with Gasteiger partial charge in [0.2, 0.25) is 5.91 Å². The first-order chi connectivity index (χ1) is 11.8. The molecule has 0 aliphatic carbocycles. The van der Waals surface area contributed by atoms with Gasteiger partial charge in [-0.2, -0.15) is 9.69 Å². The summed E-state index contributed by atoms with van der Waals surface area (Å²) < 4.78 is 23.1. The molecule has 2 aliphatic rings. The van der Waals surface area contributed by atoms with Crippen molar-refractivity contribution < 1.29 is 23.4 Å². The molecule has 0 bridgehead atoms. The predicted molar refractivity (Wildman–Crippen MR) is 92.2 cm³/mol. The molecule has 11 heteroatoms. The van der Waals surface area contributed by atoms with Crippen LogP contribution in [0.3, 0.4) is 0 Å². The van der Waals surface area contributed by atoms with E-state index in [1.165, 1.54) is 17.2 Å². The third kappa shape index (κ3) is 6.94. The number of hydrogen-bond donors (Lipinski definition) is 1. The summed E-state index contributed by atoms with van der Waals surface area (Å²) in [4.78, 5) is 24.6. The molecule has 0 aromatic rings. The number of rotatable bonds is 5. The third-order valence-electron chi connectivity index (χ3n) is 4.31. The molecule has 25 heavy (non-hydrogen) atoms. The van der Waals surface area contributed by atoms with Crippen LogP contribution in [0.4, 0.5) is 0 Å². The molecule has 2 rings (SSSR count). The van der Waals surface area contributed by atoms with E-state index < -0.39 is 6.95 Å². The second kappa shape index (κ2) is 9.41. The highest BCUT2D eigenvalue weighted by Crippen LogP contribution is 2.55.